The van der Waals surface area contributed by atoms with Crippen molar-refractivity contribution < 1.29 is 5.11 Å². The number of piperidine rings is 1. The summed E-state index contributed by atoms with van der Waals surface area (Å²) in [6, 6.07) is 0.342. The highest BCUT2D eigenvalue weighted by Crippen LogP contribution is 2.24. The Morgan fingerprint density at radius 1 is 1.45 bits per heavy atom. The lowest BCUT2D eigenvalue weighted by Crippen LogP contribution is -2.46. The van der Waals surface area contributed by atoms with E-state index in [4.69, 9.17) is 5.73 Å². The van der Waals surface area contributed by atoms with Gasteiger partial charge in [0, 0.05) is 19.6 Å². The van der Waals surface area contributed by atoms with E-state index in [2.05, 4.69) is 29.1 Å². The Morgan fingerprint density at radius 2 is 2.20 bits per heavy atom. The summed E-state index contributed by atoms with van der Waals surface area (Å²) in [7, 11) is 0. The molecule has 1 aromatic rings. The normalized spacial score (nSPS) is 21.3. The van der Waals surface area contributed by atoms with Crippen LogP contribution in [0.4, 0.5) is 0 Å². The molecule has 114 valence electrons. The van der Waals surface area contributed by atoms with Gasteiger partial charge in [0.25, 0.3) is 0 Å². The summed E-state index contributed by atoms with van der Waals surface area (Å²) < 4.78 is 1.94. The van der Waals surface area contributed by atoms with E-state index >= 15 is 0 Å². The summed E-state index contributed by atoms with van der Waals surface area (Å²) in [5.74, 6) is 0. The SMILES string of the molecule is CCC(O)(CC)CN1CCCC(n2cc(CN)nn2)C1. The van der Waals surface area contributed by atoms with Crippen LogP contribution in [0.15, 0.2) is 6.20 Å². The molecule has 20 heavy (non-hydrogen) atoms. The number of aromatic nitrogens is 3. The Balaban J connectivity index is 1.98. The molecule has 6 nitrogen and oxygen atoms in total. The van der Waals surface area contributed by atoms with Crippen LogP contribution in [0.1, 0.15) is 51.3 Å². The van der Waals surface area contributed by atoms with E-state index in [1.165, 1.54) is 0 Å². The molecule has 1 atom stereocenters. The predicted octanol–water partition coefficient (Wildman–Crippen LogP) is 0.925. The summed E-state index contributed by atoms with van der Waals surface area (Å²) in [6.45, 7) is 7.26. The molecule has 3 N–H and O–H groups in total. The van der Waals surface area contributed by atoms with Crippen molar-refractivity contribution in [1.82, 2.24) is 19.9 Å². The lowest BCUT2D eigenvalue weighted by atomic mass is 9.95. The topological polar surface area (TPSA) is 80.2 Å². The Bertz CT molecular complexity index is 415. The van der Waals surface area contributed by atoms with Gasteiger partial charge in [0.1, 0.15) is 0 Å². The zero-order chi connectivity index (χ0) is 14.6. The van der Waals surface area contributed by atoms with Crippen LogP contribution in [0.2, 0.25) is 0 Å². The van der Waals surface area contributed by atoms with Gasteiger partial charge in [0.15, 0.2) is 0 Å². The molecule has 1 aromatic heterocycles. The minimum Gasteiger partial charge on any atom is -0.389 e. The minimum absolute atomic E-state index is 0.342. The van der Waals surface area contributed by atoms with E-state index in [-0.39, 0.29) is 0 Å². The molecule has 1 fully saturated rings. The average molecular weight is 281 g/mol. The Morgan fingerprint density at radius 3 is 2.80 bits per heavy atom. The highest BCUT2D eigenvalue weighted by molar-refractivity contribution is 4.93. The fourth-order valence-electron chi connectivity index (χ4n) is 2.87. The number of nitrogens with two attached hydrogens (primary N) is 1. The molecule has 0 aromatic carbocycles. The zero-order valence-corrected chi connectivity index (χ0v) is 12.6. The number of β-amino-alcohol motifs (C(OH)–C–C–N with tert-alkyl or cyclic N) is 1. The molecular weight excluding hydrogens is 254 g/mol. The van der Waals surface area contributed by atoms with Gasteiger partial charge in [0.2, 0.25) is 0 Å². The van der Waals surface area contributed by atoms with Crippen molar-refractivity contribution in [3.63, 3.8) is 0 Å². The summed E-state index contributed by atoms with van der Waals surface area (Å²) in [5.41, 5.74) is 5.85. The molecule has 1 aliphatic heterocycles. The Hall–Kier alpha value is -0.980. The van der Waals surface area contributed by atoms with Crippen LogP contribution in [-0.2, 0) is 6.54 Å². The zero-order valence-electron chi connectivity index (χ0n) is 12.6. The maximum absolute atomic E-state index is 10.5. The fourth-order valence-corrected chi connectivity index (χ4v) is 2.87. The largest absolute Gasteiger partial charge is 0.389 e. The molecule has 0 amide bonds. The van der Waals surface area contributed by atoms with E-state index in [1.54, 1.807) is 0 Å². The van der Waals surface area contributed by atoms with E-state index in [0.717, 1.165) is 51.0 Å². The second kappa shape index (κ2) is 6.65. The lowest BCUT2D eigenvalue weighted by molar-refractivity contribution is -0.0134. The number of hydrogen-bond acceptors (Lipinski definition) is 5. The van der Waals surface area contributed by atoms with Gasteiger partial charge in [-0.25, -0.2) is 4.68 Å². The fraction of sp³-hybridized carbons (Fsp3) is 0.857. The molecule has 1 aliphatic rings. The van der Waals surface area contributed by atoms with Gasteiger partial charge in [-0.15, -0.1) is 5.10 Å². The predicted molar refractivity (Wildman–Crippen MR) is 78.2 cm³/mol. The summed E-state index contributed by atoms with van der Waals surface area (Å²) in [4.78, 5) is 2.35. The minimum atomic E-state index is -0.563. The Kier molecular flexibility index (Phi) is 5.12. The molecule has 0 spiro atoms. The van der Waals surface area contributed by atoms with Gasteiger partial charge in [0.05, 0.1) is 23.5 Å². The summed E-state index contributed by atoms with van der Waals surface area (Å²) >= 11 is 0. The summed E-state index contributed by atoms with van der Waals surface area (Å²) in [5, 5.41) is 18.7. The molecule has 1 saturated heterocycles. The molecule has 6 heteroatoms. The van der Waals surface area contributed by atoms with Gasteiger partial charge >= 0.3 is 0 Å². The average Bonchev–Trinajstić information content (AvgIpc) is 2.96. The van der Waals surface area contributed by atoms with Crippen molar-refractivity contribution >= 4 is 0 Å². The van der Waals surface area contributed by atoms with Crippen molar-refractivity contribution in [3.8, 4) is 0 Å². The van der Waals surface area contributed by atoms with Crippen LogP contribution in [0, 0.1) is 0 Å². The second-order valence-electron chi connectivity index (χ2n) is 5.86. The van der Waals surface area contributed by atoms with Gasteiger partial charge in [-0.3, -0.25) is 4.90 Å². The number of aliphatic hydroxyl groups is 1. The van der Waals surface area contributed by atoms with Crippen molar-refractivity contribution in [2.24, 2.45) is 5.73 Å². The van der Waals surface area contributed by atoms with Crippen molar-refractivity contribution in [3.05, 3.63) is 11.9 Å². The van der Waals surface area contributed by atoms with Crippen LogP contribution < -0.4 is 5.73 Å². The maximum atomic E-state index is 10.5. The van der Waals surface area contributed by atoms with Gasteiger partial charge < -0.3 is 10.8 Å². The second-order valence-corrected chi connectivity index (χ2v) is 5.86. The Labute approximate surface area is 120 Å². The molecule has 0 saturated carbocycles. The summed E-state index contributed by atoms with van der Waals surface area (Å²) in [6.07, 6.45) is 5.78. The van der Waals surface area contributed by atoms with Crippen LogP contribution in [-0.4, -0.2) is 50.2 Å². The molecule has 0 bridgehead atoms. The number of likely N-dealkylation sites (tertiary alicyclic amines) is 1. The molecule has 2 heterocycles. The number of hydrogen-bond donors (Lipinski definition) is 2. The first-order chi connectivity index (χ1) is 9.60. The van der Waals surface area contributed by atoms with Crippen molar-refractivity contribution in [2.45, 2.75) is 57.7 Å². The van der Waals surface area contributed by atoms with Crippen molar-refractivity contribution in [2.75, 3.05) is 19.6 Å². The van der Waals surface area contributed by atoms with E-state index in [0.29, 0.717) is 12.6 Å². The number of nitrogens with zero attached hydrogens (tertiary/aromatic N) is 4. The first-order valence-corrected chi connectivity index (χ1v) is 7.65. The smallest absolute Gasteiger partial charge is 0.0962 e. The highest BCUT2D eigenvalue weighted by atomic mass is 16.3. The monoisotopic (exact) mass is 281 g/mol. The lowest BCUT2D eigenvalue weighted by Gasteiger charge is -2.38. The van der Waals surface area contributed by atoms with Crippen LogP contribution >= 0.6 is 0 Å². The van der Waals surface area contributed by atoms with Gasteiger partial charge in [-0.05, 0) is 32.2 Å². The van der Waals surface area contributed by atoms with Crippen LogP contribution in [0.3, 0.4) is 0 Å². The molecule has 1 unspecified atom stereocenters. The molecule has 2 rings (SSSR count). The van der Waals surface area contributed by atoms with E-state index < -0.39 is 5.60 Å². The quantitative estimate of drug-likeness (QED) is 0.810. The van der Waals surface area contributed by atoms with E-state index in [1.807, 2.05) is 10.9 Å². The third-order valence-electron chi connectivity index (χ3n) is 4.46. The molecule has 0 aliphatic carbocycles. The van der Waals surface area contributed by atoms with Crippen molar-refractivity contribution in [1.29, 1.82) is 0 Å². The third-order valence-corrected chi connectivity index (χ3v) is 4.46. The van der Waals surface area contributed by atoms with Crippen LogP contribution in [0.25, 0.3) is 0 Å². The highest BCUT2D eigenvalue weighted by Gasteiger charge is 2.29. The third kappa shape index (κ3) is 3.56. The standard InChI is InChI=1S/C14H27N5O/c1-3-14(20,4-2)11-18-7-5-6-13(10-18)19-9-12(8-15)16-17-19/h9,13,20H,3-8,10-11,15H2,1-2H3. The van der Waals surface area contributed by atoms with Gasteiger partial charge in [-0.2, -0.15) is 0 Å². The van der Waals surface area contributed by atoms with Crippen LogP contribution in [0.5, 0.6) is 0 Å². The first kappa shape index (κ1) is 15.4. The first-order valence-electron chi connectivity index (χ1n) is 7.65. The van der Waals surface area contributed by atoms with E-state index in [9.17, 15) is 5.11 Å². The molecular formula is C14H27N5O. The maximum Gasteiger partial charge on any atom is 0.0962 e. The number of rotatable bonds is 6. The molecule has 0 radical (unpaired) electrons. The van der Waals surface area contributed by atoms with Gasteiger partial charge in [-0.1, -0.05) is 19.1 Å².